The Bertz CT molecular complexity index is 603. The van der Waals surface area contributed by atoms with Crippen molar-refractivity contribution in [1.82, 2.24) is 5.32 Å². The molecular weight excluding hydrogens is 291 g/mol. The number of hydrogen-bond donors (Lipinski definition) is 1. The van der Waals surface area contributed by atoms with Crippen molar-refractivity contribution in [2.45, 2.75) is 13.1 Å². The van der Waals surface area contributed by atoms with Crippen LogP contribution in [0.3, 0.4) is 0 Å². The Morgan fingerprint density at radius 2 is 2.05 bits per heavy atom. The minimum absolute atomic E-state index is 0.0884. The maximum absolute atomic E-state index is 12.9. The molecule has 100 valence electrons. The molecular formula is C12H10ClFN2O2S. The van der Waals surface area contributed by atoms with Gasteiger partial charge >= 0.3 is 5.00 Å². The highest BCUT2D eigenvalue weighted by Crippen LogP contribution is 2.22. The van der Waals surface area contributed by atoms with Crippen molar-refractivity contribution in [3.63, 3.8) is 0 Å². The predicted octanol–water partition coefficient (Wildman–Crippen LogP) is 3.74. The minimum atomic E-state index is -0.445. The summed E-state index contributed by atoms with van der Waals surface area (Å²) in [5, 5.41) is 15.6. The third kappa shape index (κ3) is 3.73. The van der Waals surface area contributed by atoms with Crippen molar-refractivity contribution in [2.75, 3.05) is 0 Å². The van der Waals surface area contributed by atoms with Gasteiger partial charge in [-0.2, -0.15) is 0 Å². The summed E-state index contributed by atoms with van der Waals surface area (Å²) in [6.07, 6.45) is 0. The number of nitrogens with zero attached hydrogens (tertiary/aromatic N) is 1. The van der Waals surface area contributed by atoms with Crippen LogP contribution >= 0.6 is 22.9 Å². The zero-order chi connectivity index (χ0) is 13.8. The number of benzene rings is 1. The SMILES string of the molecule is O=[N+]([O-])c1cc(CNCc2ccc(F)c(Cl)c2)cs1. The molecule has 0 atom stereocenters. The standard InChI is InChI=1S/C12H10ClFN2O2S/c13-10-3-8(1-2-11(10)14)5-15-6-9-4-12(16(17)18)19-7-9/h1-4,7,15H,5-6H2. The molecule has 0 spiro atoms. The highest BCUT2D eigenvalue weighted by Gasteiger charge is 2.09. The van der Waals surface area contributed by atoms with E-state index in [1.54, 1.807) is 17.5 Å². The monoisotopic (exact) mass is 300 g/mol. The Hall–Kier alpha value is -1.50. The Balaban J connectivity index is 1.88. The third-order valence-electron chi connectivity index (χ3n) is 2.46. The topological polar surface area (TPSA) is 55.2 Å². The van der Waals surface area contributed by atoms with E-state index in [4.69, 9.17) is 11.6 Å². The molecule has 0 bridgehead atoms. The Labute approximate surface area is 118 Å². The van der Waals surface area contributed by atoms with E-state index in [0.29, 0.717) is 13.1 Å². The number of rotatable bonds is 5. The minimum Gasteiger partial charge on any atom is -0.309 e. The summed E-state index contributed by atoms with van der Waals surface area (Å²) in [7, 11) is 0. The molecule has 1 N–H and O–H groups in total. The zero-order valence-electron chi connectivity index (χ0n) is 9.73. The Kier molecular flexibility index (Phi) is 4.47. The van der Waals surface area contributed by atoms with Crippen molar-refractivity contribution < 1.29 is 9.31 Å². The van der Waals surface area contributed by atoms with Crippen molar-refractivity contribution in [3.8, 4) is 0 Å². The van der Waals surface area contributed by atoms with Crippen LogP contribution in [0.1, 0.15) is 11.1 Å². The van der Waals surface area contributed by atoms with Crippen LogP contribution in [0.25, 0.3) is 0 Å². The van der Waals surface area contributed by atoms with Gasteiger partial charge in [0, 0.05) is 24.5 Å². The van der Waals surface area contributed by atoms with Crippen LogP contribution in [0.4, 0.5) is 9.39 Å². The number of hydrogen-bond acceptors (Lipinski definition) is 4. The summed E-state index contributed by atoms with van der Waals surface area (Å²) in [4.78, 5) is 10.1. The third-order valence-corrected chi connectivity index (χ3v) is 3.68. The van der Waals surface area contributed by atoms with Crippen molar-refractivity contribution in [3.05, 3.63) is 61.7 Å². The number of thiophene rings is 1. The average molecular weight is 301 g/mol. The van der Waals surface area contributed by atoms with Crippen molar-refractivity contribution >= 4 is 27.9 Å². The van der Waals surface area contributed by atoms with Crippen LogP contribution < -0.4 is 5.32 Å². The molecule has 2 aromatic rings. The first-order chi connectivity index (χ1) is 9.06. The van der Waals surface area contributed by atoms with Gasteiger partial charge in [0.2, 0.25) is 0 Å². The lowest BCUT2D eigenvalue weighted by atomic mass is 10.2. The maximum Gasteiger partial charge on any atom is 0.324 e. The largest absolute Gasteiger partial charge is 0.324 e. The van der Waals surface area contributed by atoms with Gasteiger partial charge in [0.25, 0.3) is 0 Å². The molecule has 7 heteroatoms. The highest BCUT2D eigenvalue weighted by molar-refractivity contribution is 7.13. The second-order valence-corrected chi connectivity index (χ2v) is 5.20. The summed E-state index contributed by atoms with van der Waals surface area (Å²) in [6.45, 7) is 1.03. The molecule has 0 fully saturated rings. The summed E-state index contributed by atoms with van der Waals surface area (Å²) >= 11 is 6.77. The predicted molar refractivity (Wildman–Crippen MR) is 72.9 cm³/mol. The summed E-state index contributed by atoms with van der Waals surface area (Å²) in [5.41, 5.74) is 1.71. The second-order valence-electron chi connectivity index (χ2n) is 3.90. The van der Waals surface area contributed by atoms with Crippen LogP contribution in [0.15, 0.2) is 29.6 Å². The van der Waals surface area contributed by atoms with Crippen LogP contribution in [0, 0.1) is 15.9 Å². The molecule has 0 aliphatic rings. The lowest BCUT2D eigenvalue weighted by Crippen LogP contribution is -2.12. The Morgan fingerprint density at radius 3 is 2.68 bits per heavy atom. The van der Waals surface area contributed by atoms with Crippen molar-refractivity contribution in [2.24, 2.45) is 0 Å². The summed E-state index contributed by atoms with van der Waals surface area (Å²) < 4.78 is 12.9. The number of nitro groups is 1. The summed E-state index contributed by atoms with van der Waals surface area (Å²) in [6, 6.07) is 6.05. The molecule has 0 aliphatic heterocycles. The molecule has 2 rings (SSSR count). The fourth-order valence-corrected chi connectivity index (χ4v) is 2.48. The first-order valence-electron chi connectivity index (χ1n) is 5.42. The number of nitrogens with one attached hydrogen (secondary N) is 1. The molecule has 0 aliphatic carbocycles. The quantitative estimate of drug-likeness (QED) is 0.676. The van der Waals surface area contributed by atoms with Gasteiger partial charge in [-0.3, -0.25) is 10.1 Å². The van der Waals surface area contributed by atoms with Crippen LogP contribution in [0.5, 0.6) is 0 Å². The van der Waals surface area contributed by atoms with Crippen molar-refractivity contribution in [1.29, 1.82) is 0 Å². The fraction of sp³-hybridized carbons (Fsp3) is 0.167. The van der Waals surface area contributed by atoms with Crippen LogP contribution in [-0.2, 0) is 13.1 Å². The van der Waals surface area contributed by atoms with Crippen LogP contribution in [-0.4, -0.2) is 4.92 Å². The molecule has 0 radical (unpaired) electrons. The van der Waals surface area contributed by atoms with Gasteiger partial charge in [-0.25, -0.2) is 4.39 Å². The second kappa shape index (κ2) is 6.10. The fourth-order valence-electron chi connectivity index (χ4n) is 1.55. The van der Waals surface area contributed by atoms with E-state index in [2.05, 4.69) is 5.32 Å². The number of halogens is 2. The highest BCUT2D eigenvalue weighted by atomic mass is 35.5. The van der Waals surface area contributed by atoms with Gasteiger partial charge in [-0.05, 0) is 23.3 Å². The smallest absolute Gasteiger partial charge is 0.309 e. The molecule has 0 saturated heterocycles. The molecule has 4 nitrogen and oxygen atoms in total. The van der Waals surface area contributed by atoms with Gasteiger partial charge in [0.05, 0.1) is 9.95 Å². The van der Waals surface area contributed by atoms with Gasteiger partial charge in [0.1, 0.15) is 5.82 Å². The van der Waals surface area contributed by atoms with Gasteiger partial charge in [0.15, 0.2) is 0 Å². The first kappa shape index (κ1) is 13.9. The maximum atomic E-state index is 12.9. The lowest BCUT2D eigenvalue weighted by Gasteiger charge is -2.04. The van der Waals surface area contributed by atoms with E-state index < -0.39 is 10.7 Å². The van der Waals surface area contributed by atoms with E-state index in [1.165, 1.54) is 12.1 Å². The normalized spacial score (nSPS) is 10.6. The van der Waals surface area contributed by atoms with Gasteiger partial charge in [-0.1, -0.05) is 29.0 Å². The molecule has 0 amide bonds. The zero-order valence-corrected chi connectivity index (χ0v) is 11.3. The van der Waals surface area contributed by atoms with Gasteiger partial charge < -0.3 is 5.32 Å². The average Bonchev–Trinajstić information content (AvgIpc) is 2.83. The summed E-state index contributed by atoms with van der Waals surface area (Å²) in [5.74, 6) is -0.445. The van der Waals surface area contributed by atoms with Gasteiger partial charge in [-0.15, -0.1) is 0 Å². The van der Waals surface area contributed by atoms with E-state index in [-0.39, 0.29) is 10.0 Å². The molecule has 1 heterocycles. The van der Waals surface area contributed by atoms with E-state index >= 15 is 0 Å². The van der Waals surface area contributed by atoms with Crippen LogP contribution in [0.2, 0.25) is 5.02 Å². The molecule has 1 aromatic heterocycles. The Morgan fingerprint density at radius 1 is 1.32 bits per heavy atom. The molecule has 1 aromatic carbocycles. The molecule has 0 saturated carbocycles. The molecule has 0 unspecified atom stereocenters. The van der Waals surface area contributed by atoms with E-state index in [1.807, 2.05) is 0 Å². The lowest BCUT2D eigenvalue weighted by molar-refractivity contribution is -0.380. The first-order valence-corrected chi connectivity index (χ1v) is 6.68. The van der Waals surface area contributed by atoms with E-state index in [9.17, 15) is 14.5 Å². The molecule has 19 heavy (non-hydrogen) atoms. The van der Waals surface area contributed by atoms with E-state index in [0.717, 1.165) is 22.5 Å².